The molecule has 0 spiro atoms. The van der Waals surface area contributed by atoms with Gasteiger partial charge in [-0.1, -0.05) is 196 Å². The molecule has 0 aromatic rings. The molecule has 0 aromatic heterocycles. The first-order valence-electron chi connectivity index (χ1n) is 24.5. The molecule has 0 N–H and O–H groups in total. The van der Waals surface area contributed by atoms with Gasteiger partial charge >= 0.3 is 11.9 Å². The fourth-order valence-corrected chi connectivity index (χ4v) is 6.59. The van der Waals surface area contributed by atoms with Gasteiger partial charge in [-0.05, 0) is 89.9 Å². The lowest BCUT2D eigenvalue weighted by atomic mass is 10.1. The Balaban J connectivity index is 4.30. The van der Waals surface area contributed by atoms with Crippen LogP contribution >= 0.6 is 0 Å². The summed E-state index contributed by atoms with van der Waals surface area (Å²) in [7, 11) is 0. The van der Waals surface area contributed by atoms with Gasteiger partial charge in [0.25, 0.3) is 0 Å². The second-order valence-corrected chi connectivity index (χ2v) is 16.0. The number of unbranched alkanes of at least 4 members (excludes halogenated alkanes) is 21. The molecule has 0 radical (unpaired) electrons. The molecular formula is C53H92O5. The molecule has 0 heterocycles. The Kier molecular flexibility index (Phi) is 46.5. The fraction of sp³-hybridized carbons (Fsp3) is 0.736. The number of hydrogen-bond acceptors (Lipinski definition) is 5. The summed E-state index contributed by atoms with van der Waals surface area (Å²) >= 11 is 0. The van der Waals surface area contributed by atoms with Crippen LogP contribution in [-0.4, -0.2) is 37.9 Å². The maximum absolute atomic E-state index is 12.8. The average molecular weight is 809 g/mol. The number of allylic oxidation sites excluding steroid dienone is 12. The summed E-state index contributed by atoms with van der Waals surface area (Å²) in [5.41, 5.74) is 0. The molecule has 0 aromatic carbocycles. The van der Waals surface area contributed by atoms with E-state index in [1.54, 1.807) is 0 Å². The zero-order valence-electron chi connectivity index (χ0n) is 38.3. The van der Waals surface area contributed by atoms with Gasteiger partial charge in [0.15, 0.2) is 6.10 Å². The standard InChI is InChI=1S/C53H92O5/c1-4-7-10-13-16-19-22-24-26-27-29-30-32-34-37-40-43-46-52(54)57-50-51(49-56-48-45-42-39-36-21-18-15-12-9-6-3)58-53(55)47-44-41-38-35-33-31-28-25-23-20-17-14-11-8-5-2/h7,10,16-17,19-20,24-26,28-30,51H,4-6,8-9,11-15,18,21-23,27,31-50H2,1-3H3/b10-7-,19-16-,20-17-,26-24-,28-25-,30-29-. The molecule has 334 valence electrons. The van der Waals surface area contributed by atoms with Gasteiger partial charge in [-0.3, -0.25) is 9.59 Å². The zero-order valence-corrected chi connectivity index (χ0v) is 38.3. The smallest absolute Gasteiger partial charge is 0.306 e. The first-order valence-corrected chi connectivity index (χ1v) is 24.5. The SMILES string of the molecule is CC/C=C\C/C=C\C/C=C\C/C=C\CCCCCCC(=O)OCC(COCCCCCCCCCCCC)OC(=O)CCCCCCC/C=C\C/C=C\CCCCC. The fourth-order valence-electron chi connectivity index (χ4n) is 6.59. The third-order valence-electron chi connectivity index (χ3n) is 10.2. The molecular weight excluding hydrogens is 717 g/mol. The summed E-state index contributed by atoms with van der Waals surface area (Å²) in [5, 5.41) is 0. The van der Waals surface area contributed by atoms with E-state index in [1.165, 1.54) is 89.9 Å². The van der Waals surface area contributed by atoms with Crippen LogP contribution in [0.2, 0.25) is 0 Å². The van der Waals surface area contributed by atoms with Crippen molar-refractivity contribution in [1.29, 1.82) is 0 Å². The molecule has 1 unspecified atom stereocenters. The van der Waals surface area contributed by atoms with Gasteiger partial charge in [0.1, 0.15) is 6.61 Å². The largest absolute Gasteiger partial charge is 0.462 e. The van der Waals surface area contributed by atoms with Crippen molar-refractivity contribution in [2.75, 3.05) is 19.8 Å². The van der Waals surface area contributed by atoms with Gasteiger partial charge in [0.2, 0.25) is 0 Å². The third kappa shape index (κ3) is 46.0. The maximum Gasteiger partial charge on any atom is 0.306 e. The van der Waals surface area contributed by atoms with Crippen LogP contribution in [0.15, 0.2) is 72.9 Å². The molecule has 0 aliphatic heterocycles. The third-order valence-corrected chi connectivity index (χ3v) is 10.2. The number of esters is 2. The van der Waals surface area contributed by atoms with Crippen LogP contribution in [0.5, 0.6) is 0 Å². The van der Waals surface area contributed by atoms with Gasteiger partial charge < -0.3 is 14.2 Å². The van der Waals surface area contributed by atoms with Gasteiger partial charge in [0, 0.05) is 19.4 Å². The average Bonchev–Trinajstić information content (AvgIpc) is 3.22. The van der Waals surface area contributed by atoms with E-state index in [9.17, 15) is 9.59 Å². The van der Waals surface area contributed by atoms with Crippen LogP contribution in [0.4, 0.5) is 0 Å². The first kappa shape index (κ1) is 55.3. The summed E-state index contributed by atoms with van der Waals surface area (Å²) in [4.78, 5) is 25.3. The van der Waals surface area contributed by atoms with Crippen LogP contribution in [0.25, 0.3) is 0 Å². The van der Waals surface area contributed by atoms with Crippen molar-refractivity contribution in [3.8, 4) is 0 Å². The van der Waals surface area contributed by atoms with Crippen molar-refractivity contribution in [1.82, 2.24) is 0 Å². The highest BCUT2D eigenvalue weighted by molar-refractivity contribution is 5.70. The topological polar surface area (TPSA) is 61.8 Å². The Morgan fingerprint density at radius 1 is 0.397 bits per heavy atom. The highest BCUT2D eigenvalue weighted by Crippen LogP contribution is 2.13. The summed E-state index contributed by atoms with van der Waals surface area (Å²) in [6.07, 6.45) is 61.8. The molecule has 0 aliphatic carbocycles. The molecule has 1 atom stereocenters. The van der Waals surface area contributed by atoms with Gasteiger partial charge in [0.05, 0.1) is 6.61 Å². The summed E-state index contributed by atoms with van der Waals surface area (Å²) in [6, 6.07) is 0. The van der Waals surface area contributed by atoms with E-state index in [1.807, 2.05) is 0 Å². The second kappa shape index (κ2) is 48.7. The molecule has 0 aliphatic rings. The molecule has 0 amide bonds. The number of carbonyl (C=O) groups is 2. The summed E-state index contributed by atoms with van der Waals surface area (Å²) < 4.78 is 17.3. The van der Waals surface area contributed by atoms with Crippen LogP contribution in [0, 0.1) is 0 Å². The van der Waals surface area contributed by atoms with E-state index in [0.29, 0.717) is 19.4 Å². The molecule has 58 heavy (non-hydrogen) atoms. The van der Waals surface area contributed by atoms with Gasteiger partial charge in [-0.25, -0.2) is 0 Å². The molecule has 0 saturated heterocycles. The Bertz CT molecular complexity index is 1050. The molecule has 0 rings (SSSR count). The minimum Gasteiger partial charge on any atom is -0.462 e. The number of ether oxygens (including phenoxy) is 3. The molecule has 5 nitrogen and oxygen atoms in total. The highest BCUT2D eigenvalue weighted by Gasteiger charge is 2.17. The monoisotopic (exact) mass is 809 g/mol. The Morgan fingerprint density at radius 3 is 1.28 bits per heavy atom. The van der Waals surface area contributed by atoms with E-state index in [2.05, 4.69) is 93.7 Å². The number of rotatable bonds is 44. The van der Waals surface area contributed by atoms with E-state index >= 15 is 0 Å². The lowest BCUT2D eigenvalue weighted by Gasteiger charge is -2.18. The highest BCUT2D eigenvalue weighted by atomic mass is 16.6. The molecule has 5 heteroatoms. The lowest BCUT2D eigenvalue weighted by Crippen LogP contribution is -2.30. The van der Waals surface area contributed by atoms with E-state index in [-0.39, 0.29) is 25.2 Å². The summed E-state index contributed by atoms with van der Waals surface area (Å²) in [6.45, 7) is 7.65. The Labute approximate surface area is 359 Å². The van der Waals surface area contributed by atoms with Crippen molar-refractivity contribution in [3.05, 3.63) is 72.9 Å². The van der Waals surface area contributed by atoms with Crippen LogP contribution in [-0.2, 0) is 23.8 Å². The molecule has 0 saturated carbocycles. The predicted molar refractivity (Wildman–Crippen MR) is 251 cm³/mol. The normalized spacial score (nSPS) is 12.8. The first-order chi connectivity index (χ1) is 28.6. The Morgan fingerprint density at radius 2 is 0.776 bits per heavy atom. The molecule has 0 bridgehead atoms. The minimum absolute atomic E-state index is 0.0661. The second-order valence-electron chi connectivity index (χ2n) is 16.0. The van der Waals surface area contributed by atoms with Gasteiger partial charge in [-0.15, -0.1) is 0 Å². The van der Waals surface area contributed by atoms with E-state index in [4.69, 9.17) is 14.2 Å². The zero-order chi connectivity index (χ0) is 42.1. The quantitative estimate of drug-likeness (QED) is 0.0348. The molecule has 0 fully saturated rings. The van der Waals surface area contributed by atoms with E-state index < -0.39 is 6.10 Å². The van der Waals surface area contributed by atoms with Crippen molar-refractivity contribution in [2.24, 2.45) is 0 Å². The van der Waals surface area contributed by atoms with Crippen molar-refractivity contribution >= 4 is 11.9 Å². The van der Waals surface area contributed by atoms with Crippen molar-refractivity contribution < 1.29 is 23.8 Å². The summed E-state index contributed by atoms with van der Waals surface area (Å²) in [5.74, 6) is -0.439. The van der Waals surface area contributed by atoms with Crippen molar-refractivity contribution in [3.63, 3.8) is 0 Å². The Hall–Kier alpha value is -2.66. The van der Waals surface area contributed by atoms with E-state index in [0.717, 1.165) is 103 Å². The number of carbonyl (C=O) groups excluding carboxylic acids is 2. The van der Waals surface area contributed by atoms with Crippen LogP contribution in [0.1, 0.15) is 226 Å². The van der Waals surface area contributed by atoms with Gasteiger partial charge in [-0.2, -0.15) is 0 Å². The van der Waals surface area contributed by atoms with Crippen molar-refractivity contribution in [2.45, 2.75) is 232 Å². The number of hydrogen-bond donors (Lipinski definition) is 0. The predicted octanol–water partition coefficient (Wildman–Crippen LogP) is 16.3. The van der Waals surface area contributed by atoms with Crippen LogP contribution in [0.3, 0.4) is 0 Å². The van der Waals surface area contributed by atoms with Crippen LogP contribution < -0.4 is 0 Å². The maximum atomic E-state index is 12.8. The minimum atomic E-state index is -0.552. The lowest BCUT2D eigenvalue weighted by molar-refractivity contribution is -0.163.